The highest BCUT2D eigenvalue weighted by Crippen LogP contribution is 2.41. The zero-order chi connectivity index (χ0) is 17.6. The molecule has 130 valence electrons. The molecule has 2 saturated heterocycles. The van der Waals surface area contributed by atoms with Gasteiger partial charge in [-0.3, -0.25) is 4.98 Å². The van der Waals surface area contributed by atoms with Gasteiger partial charge < -0.3 is 10.2 Å². The lowest BCUT2D eigenvalue weighted by atomic mass is 9.74. The van der Waals surface area contributed by atoms with Crippen LogP contribution in [-0.2, 0) is 0 Å². The van der Waals surface area contributed by atoms with Crippen molar-refractivity contribution in [2.45, 2.75) is 45.2 Å². The molecule has 1 aromatic carbocycles. The summed E-state index contributed by atoms with van der Waals surface area (Å²) in [6.07, 6.45) is 6.56. The van der Waals surface area contributed by atoms with Crippen LogP contribution in [0.5, 0.6) is 0 Å². The van der Waals surface area contributed by atoms with E-state index in [1.165, 1.54) is 6.20 Å². The van der Waals surface area contributed by atoms with Crippen LogP contribution in [-0.4, -0.2) is 33.0 Å². The lowest BCUT2D eigenvalue weighted by molar-refractivity contribution is -0.00600. The first kappa shape index (κ1) is 16.3. The molecule has 0 spiro atoms. The van der Waals surface area contributed by atoms with E-state index in [9.17, 15) is 4.79 Å². The van der Waals surface area contributed by atoms with Crippen molar-refractivity contribution in [2.24, 2.45) is 5.92 Å². The van der Waals surface area contributed by atoms with Crippen LogP contribution in [0.2, 0.25) is 5.15 Å². The van der Waals surface area contributed by atoms with Gasteiger partial charge in [0.2, 0.25) is 0 Å². The Morgan fingerprint density at radius 2 is 2.00 bits per heavy atom. The van der Waals surface area contributed by atoms with Crippen LogP contribution in [0.25, 0.3) is 11.3 Å². The minimum atomic E-state index is 0.000122. The summed E-state index contributed by atoms with van der Waals surface area (Å²) in [4.78, 5) is 23.1. The van der Waals surface area contributed by atoms with Crippen LogP contribution in [0.15, 0.2) is 30.6 Å². The van der Waals surface area contributed by atoms with Crippen molar-refractivity contribution in [2.75, 3.05) is 5.32 Å². The Labute approximate surface area is 152 Å². The number of anilines is 1. The Hall–Kier alpha value is -2.14. The van der Waals surface area contributed by atoms with Crippen molar-refractivity contribution in [3.8, 4) is 11.3 Å². The van der Waals surface area contributed by atoms with E-state index in [0.29, 0.717) is 22.9 Å². The molecule has 0 saturated carbocycles. The lowest BCUT2D eigenvalue weighted by Gasteiger charge is -2.54. The second kappa shape index (κ2) is 6.30. The normalized spacial score (nSPS) is 24.6. The summed E-state index contributed by atoms with van der Waals surface area (Å²) in [6.45, 7) is 4.28. The summed E-state index contributed by atoms with van der Waals surface area (Å²) in [5, 5.41) is 3.40. The van der Waals surface area contributed by atoms with Gasteiger partial charge in [-0.2, -0.15) is 0 Å². The number of nitrogens with one attached hydrogen (secondary N) is 1. The SMILES string of the molecule is Cc1ccc(NC(=O)N2C3CC(C)CC2C3)cc1-c1cncc(Cl)n1. The van der Waals surface area contributed by atoms with E-state index < -0.39 is 0 Å². The van der Waals surface area contributed by atoms with Crippen molar-refractivity contribution in [3.63, 3.8) is 0 Å². The maximum absolute atomic E-state index is 12.7. The van der Waals surface area contributed by atoms with Crippen LogP contribution < -0.4 is 5.32 Å². The molecule has 1 N–H and O–H groups in total. The molecule has 2 aliphatic rings. The molecule has 2 fully saturated rings. The topological polar surface area (TPSA) is 58.1 Å². The number of amides is 2. The summed E-state index contributed by atoms with van der Waals surface area (Å²) in [5.74, 6) is 0.722. The molecule has 2 unspecified atom stereocenters. The third-order valence-corrected chi connectivity index (χ3v) is 5.47. The minimum Gasteiger partial charge on any atom is -0.318 e. The molecule has 2 aliphatic heterocycles. The number of piperidine rings is 1. The zero-order valence-electron chi connectivity index (χ0n) is 14.4. The summed E-state index contributed by atoms with van der Waals surface area (Å²) in [6, 6.07) is 6.64. The molecule has 1 aromatic heterocycles. The first-order valence-electron chi connectivity index (χ1n) is 8.69. The molecule has 2 amide bonds. The molecule has 25 heavy (non-hydrogen) atoms. The van der Waals surface area contributed by atoms with Gasteiger partial charge in [0.25, 0.3) is 0 Å². The summed E-state index contributed by atoms with van der Waals surface area (Å²) in [5.41, 5.74) is 3.45. The maximum atomic E-state index is 12.7. The highest BCUT2D eigenvalue weighted by Gasteiger charge is 2.46. The lowest BCUT2D eigenvalue weighted by Crippen LogP contribution is -2.63. The minimum absolute atomic E-state index is 0.000122. The van der Waals surface area contributed by atoms with Gasteiger partial charge in [0, 0.05) is 23.3 Å². The Balaban J connectivity index is 1.54. The first-order valence-corrected chi connectivity index (χ1v) is 9.07. The van der Waals surface area contributed by atoms with Crippen molar-refractivity contribution in [1.29, 1.82) is 0 Å². The Morgan fingerprint density at radius 3 is 2.72 bits per heavy atom. The Kier molecular flexibility index (Phi) is 4.12. The van der Waals surface area contributed by atoms with Gasteiger partial charge in [-0.15, -0.1) is 0 Å². The monoisotopic (exact) mass is 356 g/mol. The number of hydrogen-bond donors (Lipinski definition) is 1. The van der Waals surface area contributed by atoms with Gasteiger partial charge in [0.1, 0.15) is 5.15 Å². The van der Waals surface area contributed by atoms with E-state index in [2.05, 4.69) is 22.2 Å². The highest BCUT2D eigenvalue weighted by atomic mass is 35.5. The van der Waals surface area contributed by atoms with Crippen LogP contribution in [0.1, 0.15) is 31.7 Å². The Morgan fingerprint density at radius 1 is 1.24 bits per heavy atom. The summed E-state index contributed by atoms with van der Waals surface area (Å²) < 4.78 is 0. The van der Waals surface area contributed by atoms with E-state index >= 15 is 0 Å². The van der Waals surface area contributed by atoms with Crippen LogP contribution in [0.4, 0.5) is 10.5 Å². The highest BCUT2D eigenvalue weighted by molar-refractivity contribution is 6.29. The molecule has 6 heteroatoms. The fourth-order valence-corrected chi connectivity index (χ4v) is 4.26. The molecular formula is C19H21ClN4O. The predicted molar refractivity (Wildman–Crippen MR) is 98.7 cm³/mol. The molecular weight excluding hydrogens is 336 g/mol. The predicted octanol–water partition coefficient (Wildman–Crippen LogP) is 4.51. The van der Waals surface area contributed by atoms with E-state index in [1.54, 1.807) is 6.20 Å². The second-order valence-corrected chi connectivity index (χ2v) is 7.60. The Bertz CT molecular complexity index is 813. The molecule has 0 radical (unpaired) electrons. The quantitative estimate of drug-likeness (QED) is 0.861. The number of halogens is 1. The standard InChI is InChI=1S/C19H21ClN4O/c1-11-5-14-8-15(6-11)24(14)19(25)22-13-4-3-12(2)16(7-13)17-9-21-10-18(20)23-17/h3-4,7,9-11,14-15H,5-6,8H2,1-2H3,(H,22,25). The molecule has 4 rings (SSSR count). The third-order valence-electron chi connectivity index (χ3n) is 5.28. The number of aromatic nitrogens is 2. The van der Waals surface area contributed by atoms with E-state index in [0.717, 1.165) is 42.0 Å². The average molecular weight is 357 g/mol. The first-order chi connectivity index (χ1) is 12.0. The molecule has 3 heterocycles. The van der Waals surface area contributed by atoms with Gasteiger partial charge in [-0.1, -0.05) is 24.6 Å². The average Bonchev–Trinajstić information content (AvgIpc) is 2.56. The zero-order valence-corrected chi connectivity index (χ0v) is 15.1. The van der Waals surface area contributed by atoms with Crippen molar-refractivity contribution >= 4 is 23.3 Å². The van der Waals surface area contributed by atoms with Crippen molar-refractivity contribution in [3.05, 3.63) is 41.3 Å². The summed E-state index contributed by atoms with van der Waals surface area (Å²) in [7, 11) is 0. The number of carbonyl (C=O) groups is 1. The molecule has 5 nitrogen and oxygen atoms in total. The van der Waals surface area contributed by atoms with E-state index in [1.807, 2.05) is 30.0 Å². The van der Waals surface area contributed by atoms with Crippen molar-refractivity contribution in [1.82, 2.24) is 14.9 Å². The number of urea groups is 1. The number of fused-ring (bicyclic) bond motifs is 2. The van der Waals surface area contributed by atoms with Gasteiger partial charge in [0.15, 0.2) is 0 Å². The maximum Gasteiger partial charge on any atom is 0.322 e. The number of aryl methyl sites for hydroxylation is 1. The van der Waals surface area contributed by atoms with Crippen LogP contribution >= 0.6 is 11.6 Å². The molecule has 0 aliphatic carbocycles. The number of carbonyl (C=O) groups excluding carboxylic acids is 1. The molecule has 2 atom stereocenters. The van der Waals surface area contributed by atoms with E-state index in [4.69, 9.17) is 11.6 Å². The molecule has 2 aromatic rings. The largest absolute Gasteiger partial charge is 0.322 e. The van der Waals surface area contributed by atoms with Gasteiger partial charge in [-0.25, -0.2) is 9.78 Å². The number of benzene rings is 1. The third kappa shape index (κ3) is 3.09. The number of rotatable bonds is 2. The van der Waals surface area contributed by atoms with Crippen LogP contribution in [0.3, 0.4) is 0 Å². The van der Waals surface area contributed by atoms with E-state index in [-0.39, 0.29) is 6.03 Å². The fraction of sp³-hybridized carbons (Fsp3) is 0.421. The molecule has 2 bridgehead atoms. The smallest absolute Gasteiger partial charge is 0.318 e. The number of hydrogen-bond acceptors (Lipinski definition) is 3. The van der Waals surface area contributed by atoms with Gasteiger partial charge >= 0.3 is 6.03 Å². The number of nitrogens with zero attached hydrogens (tertiary/aromatic N) is 3. The fourth-order valence-electron chi connectivity index (χ4n) is 4.11. The van der Waals surface area contributed by atoms with Gasteiger partial charge in [-0.05, 0) is 49.8 Å². The van der Waals surface area contributed by atoms with Crippen molar-refractivity contribution < 1.29 is 4.79 Å². The van der Waals surface area contributed by atoms with Crippen LogP contribution in [0, 0.1) is 12.8 Å². The van der Waals surface area contributed by atoms with Gasteiger partial charge in [0.05, 0.1) is 18.1 Å². The second-order valence-electron chi connectivity index (χ2n) is 7.21. The summed E-state index contributed by atoms with van der Waals surface area (Å²) >= 11 is 5.96.